The van der Waals surface area contributed by atoms with Gasteiger partial charge in [0.15, 0.2) is 6.04 Å². The van der Waals surface area contributed by atoms with Crippen LogP contribution < -0.4 is 5.32 Å². The molecule has 1 unspecified atom stereocenters. The Kier molecular flexibility index (Phi) is 6.12. The van der Waals surface area contributed by atoms with Gasteiger partial charge in [-0.3, -0.25) is 14.6 Å². The second-order valence-electron chi connectivity index (χ2n) is 5.43. The molecule has 11 heteroatoms. The summed E-state index contributed by atoms with van der Waals surface area (Å²) in [5.41, 5.74) is 0. The fourth-order valence-corrected chi connectivity index (χ4v) is 4.91. The van der Waals surface area contributed by atoms with E-state index in [2.05, 4.69) is 21.5 Å². The van der Waals surface area contributed by atoms with Crippen molar-refractivity contribution in [3.8, 4) is 0 Å². The molecule has 3 atom stereocenters. The van der Waals surface area contributed by atoms with Crippen molar-refractivity contribution in [3.05, 3.63) is 47.5 Å². The van der Waals surface area contributed by atoms with Gasteiger partial charge in [0.25, 0.3) is 0 Å². The lowest BCUT2D eigenvalue weighted by atomic mass is 10.0. The molecular formula is C16H14BN3O5S2. The van der Waals surface area contributed by atoms with Crippen molar-refractivity contribution in [2.75, 3.05) is 6.61 Å². The quantitative estimate of drug-likeness (QED) is 0.430. The van der Waals surface area contributed by atoms with E-state index in [4.69, 9.17) is 12.8 Å². The third kappa shape index (κ3) is 3.98. The highest BCUT2D eigenvalue weighted by Crippen LogP contribution is 2.45. The first kappa shape index (κ1) is 19.4. The largest absolute Gasteiger partial charge is 0.542 e. The van der Waals surface area contributed by atoms with Gasteiger partial charge in [-0.05, 0) is 17.5 Å². The van der Waals surface area contributed by atoms with Gasteiger partial charge in [0.05, 0.1) is 0 Å². The Morgan fingerprint density at radius 2 is 2.19 bits per heavy atom. The summed E-state index contributed by atoms with van der Waals surface area (Å²) in [7, 11) is 5.07. The Bertz CT molecular complexity index is 792. The summed E-state index contributed by atoms with van der Waals surface area (Å²) in [5.74, 6) is -1.17. The van der Waals surface area contributed by atoms with Crippen LogP contribution >= 0.6 is 23.5 Å². The zero-order valence-electron chi connectivity index (χ0n) is 13.9. The second-order valence-corrected chi connectivity index (χ2v) is 7.56. The van der Waals surface area contributed by atoms with Crippen LogP contribution in [0.5, 0.6) is 0 Å². The minimum absolute atomic E-state index is 0.0308. The van der Waals surface area contributed by atoms with Gasteiger partial charge in [-0.2, -0.15) is 0 Å². The lowest BCUT2D eigenvalue weighted by Crippen LogP contribution is -2.73. The number of β-lactam (4-membered cyclic amide) rings is 1. The number of hydrogen-bond acceptors (Lipinski definition) is 8. The summed E-state index contributed by atoms with van der Waals surface area (Å²) in [6.45, 7) is 3.48. The number of ether oxygens (including phenoxy) is 1. The van der Waals surface area contributed by atoms with E-state index in [0.29, 0.717) is 4.91 Å². The molecule has 0 spiro atoms. The molecule has 0 aromatic carbocycles. The summed E-state index contributed by atoms with van der Waals surface area (Å²) in [6, 6.07) is 1.79. The Morgan fingerprint density at radius 3 is 2.85 bits per heavy atom. The Hall–Kier alpha value is -2.40. The van der Waals surface area contributed by atoms with Crippen molar-refractivity contribution in [1.29, 1.82) is 0 Å². The molecule has 8 nitrogen and oxygen atoms in total. The molecule has 138 valence electrons. The number of thioether (sulfide) groups is 2. The third-order valence-corrected chi connectivity index (χ3v) is 6.18. The van der Waals surface area contributed by atoms with Crippen LogP contribution in [0, 0.1) is 0 Å². The summed E-state index contributed by atoms with van der Waals surface area (Å²) in [5, 5.41) is 3.80. The van der Waals surface area contributed by atoms with Crippen LogP contribution in [-0.2, 0) is 19.0 Å². The number of carbonyl (C=O) groups is 3. The van der Waals surface area contributed by atoms with Crippen LogP contribution in [0.15, 0.2) is 52.4 Å². The van der Waals surface area contributed by atoms with Gasteiger partial charge in [-0.25, -0.2) is 4.79 Å². The van der Waals surface area contributed by atoms with E-state index in [1.807, 2.05) is 0 Å². The first-order chi connectivity index (χ1) is 13.1. The lowest BCUT2D eigenvalue weighted by molar-refractivity contribution is -0.157. The molecule has 2 radical (unpaired) electrons. The number of rotatable bonds is 6. The van der Waals surface area contributed by atoms with Gasteiger partial charge in [0, 0.05) is 22.2 Å². The highest BCUT2D eigenvalue weighted by Gasteiger charge is 2.56. The molecular weight excluding hydrogens is 389 g/mol. The SMILES string of the molecule is [B]OC(=O)C1C(Sc2ccncc2)=CS[C@@H]2[C@H](NC(=O)OCC=C)C(=O)N12. The fraction of sp³-hybridized carbons (Fsp3) is 0.250. The highest BCUT2D eigenvalue weighted by molar-refractivity contribution is 8.06. The van der Waals surface area contributed by atoms with Crippen LogP contribution in [0.2, 0.25) is 0 Å². The molecule has 1 aromatic heterocycles. The van der Waals surface area contributed by atoms with Crippen molar-refractivity contribution in [1.82, 2.24) is 15.2 Å². The van der Waals surface area contributed by atoms with E-state index >= 15 is 0 Å². The number of carbonyl (C=O) groups excluding carboxylic acids is 3. The van der Waals surface area contributed by atoms with E-state index in [-0.39, 0.29) is 6.61 Å². The summed E-state index contributed by atoms with van der Waals surface area (Å²) in [6.07, 6.45) is 3.94. The van der Waals surface area contributed by atoms with Gasteiger partial charge in [0.1, 0.15) is 18.0 Å². The van der Waals surface area contributed by atoms with Crippen LogP contribution in [0.3, 0.4) is 0 Å². The van der Waals surface area contributed by atoms with Crippen LogP contribution in [0.25, 0.3) is 0 Å². The van der Waals surface area contributed by atoms with Gasteiger partial charge >= 0.3 is 20.1 Å². The van der Waals surface area contributed by atoms with Gasteiger partial charge in [-0.15, -0.1) is 11.8 Å². The van der Waals surface area contributed by atoms with E-state index in [0.717, 1.165) is 4.90 Å². The maximum absolute atomic E-state index is 12.6. The first-order valence-electron chi connectivity index (χ1n) is 7.77. The van der Waals surface area contributed by atoms with Crippen molar-refractivity contribution in [3.63, 3.8) is 0 Å². The topological polar surface area (TPSA) is 97.8 Å². The van der Waals surface area contributed by atoms with E-state index in [1.54, 1.807) is 29.9 Å². The standard InChI is InChI=1S/C16H14BN3O5S2/c1-2-7-24-16(23)19-11-13(21)20-12(15(22)25-17)10(8-26-14(11)20)27-9-3-5-18-6-4-9/h2-6,8,11-12,14H,1,7H2,(H,19,23)/t11-,12?,14-/m1/s1. The lowest BCUT2D eigenvalue weighted by Gasteiger charge is -2.51. The number of pyridine rings is 1. The smallest absolute Gasteiger partial charge is 0.408 e. The maximum atomic E-state index is 12.6. The predicted molar refractivity (Wildman–Crippen MR) is 101 cm³/mol. The zero-order chi connectivity index (χ0) is 19.4. The molecule has 2 amide bonds. The summed E-state index contributed by atoms with van der Waals surface area (Å²) >= 11 is 2.63. The monoisotopic (exact) mass is 403 g/mol. The molecule has 1 aromatic rings. The molecule has 0 saturated carbocycles. The minimum Gasteiger partial charge on any atom is -0.542 e. The number of amides is 2. The zero-order valence-corrected chi connectivity index (χ0v) is 15.6. The Morgan fingerprint density at radius 1 is 1.44 bits per heavy atom. The molecule has 2 aliphatic rings. The number of fused-ring (bicyclic) bond motifs is 1. The molecule has 0 bridgehead atoms. The van der Waals surface area contributed by atoms with Gasteiger partial charge < -0.3 is 19.6 Å². The molecule has 3 heterocycles. The highest BCUT2D eigenvalue weighted by atomic mass is 32.2. The number of nitrogens with one attached hydrogen (secondary N) is 1. The molecule has 0 aliphatic carbocycles. The molecule has 1 saturated heterocycles. The predicted octanol–water partition coefficient (Wildman–Crippen LogP) is 1.21. The first-order valence-corrected chi connectivity index (χ1v) is 9.53. The molecule has 1 N–H and O–H groups in total. The van der Waals surface area contributed by atoms with Gasteiger partial charge in [0.2, 0.25) is 5.91 Å². The Balaban J connectivity index is 1.77. The number of hydrogen-bond donors (Lipinski definition) is 1. The molecule has 2 aliphatic heterocycles. The van der Waals surface area contributed by atoms with Crippen molar-refractivity contribution >= 4 is 49.5 Å². The normalized spacial score (nSPS) is 23.4. The van der Waals surface area contributed by atoms with E-state index in [9.17, 15) is 14.4 Å². The van der Waals surface area contributed by atoms with Gasteiger partial charge in [-0.1, -0.05) is 24.4 Å². The Labute approximate surface area is 165 Å². The van der Waals surface area contributed by atoms with Crippen molar-refractivity contribution in [2.45, 2.75) is 22.4 Å². The number of nitrogens with zero attached hydrogens (tertiary/aromatic N) is 2. The fourth-order valence-electron chi connectivity index (χ4n) is 2.60. The minimum atomic E-state index is -0.978. The van der Waals surface area contributed by atoms with E-state index in [1.165, 1.54) is 34.5 Å². The maximum Gasteiger partial charge on any atom is 0.408 e. The van der Waals surface area contributed by atoms with Crippen LogP contribution in [0.4, 0.5) is 4.79 Å². The molecule has 27 heavy (non-hydrogen) atoms. The van der Waals surface area contributed by atoms with Crippen molar-refractivity contribution in [2.24, 2.45) is 0 Å². The average Bonchev–Trinajstić information content (AvgIpc) is 2.70. The number of aromatic nitrogens is 1. The second kappa shape index (κ2) is 8.53. The van der Waals surface area contributed by atoms with Crippen molar-refractivity contribution < 1.29 is 23.8 Å². The summed E-state index contributed by atoms with van der Waals surface area (Å²) < 4.78 is 9.23. The average molecular weight is 403 g/mol. The third-order valence-electron chi connectivity index (χ3n) is 3.78. The van der Waals surface area contributed by atoms with E-state index < -0.39 is 35.4 Å². The molecule has 3 rings (SSSR count). The van der Waals surface area contributed by atoms with Crippen LogP contribution in [-0.4, -0.2) is 60.0 Å². The number of alkyl carbamates (subject to hydrolysis) is 1. The summed E-state index contributed by atoms with van der Waals surface area (Å²) in [4.78, 5) is 43.2. The molecule has 1 fully saturated rings. The van der Waals surface area contributed by atoms with Crippen LogP contribution in [0.1, 0.15) is 0 Å².